The van der Waals surface area contributed by atoms with Crippen LogP contribution in [0.1, 0.15) is 35.2 Å². The first-order chi connectivity index (χ1) is 16.4. The summed E-state index contributed by atoms with van der Waals surface area (Å²) >= 11 is 0. The number of tetrazole rings is 1. The molecule has 12 heteroatoms. The van der Waals surface area contributed by atoms with E-state index in [1.54, 1.807) is 13.0 Å². The van der Waals surface area contributed by atoms with Gasteiger partial charge in [0, 0.05) is 6.54 Å². The van der Waals surface area contributed by atoms with Crippen LogP contribution >= 0.6 is 0 Å². The van der Waals surface area contributed by atoms with Gasteiger partial charge in [0.25, 0.3) is 5.91 Å². The van der Waals surface area contributed by atoms with Gasteiger partial charge >= 0.3 is 0 Å². The van der Waals surface area contributed by atoms with Gasteiger partial charge in [0.05, 0.1) is 33.0 Å². The van der Waals surface area contributed by atoms with E-state index in [1.165, 1.54) is 30.1 Å². The van der Waals surface area contributed by atoms with Gasteiger partial charge in [0.1, 0.15) is 23.3 Å². The second-order valence-corrected chi connectivity index (χ2v) is 7.82. The average Bonchev–Trinajstić information content (AvgIpc) is 3.32. The fraction of sp³-hybridized carbons (Fsp3) is 0.455. The highest BCUT2D eigenvalue weighted by molar-refractivity contribution is 5.93. The first-order valence-electron chi connectivity index (χ1n) is 10.9. The topological polar surface area (TPSA) is 126 Å². The third-order valence-electron chi connectivity index (χ3n) is 5.28. The number of rotatable bonds is 8. The van der Waals surface area contributed by atoms with Crippen LogP contribution in [0.3, 0.4) is 0 Å². The lowest BCUT2D eigenvalue weighted by Gasteiger charge is -2.28. The summed E-state index contributed by atoms with van der Waals surface area (Å²) in [4.78, 5) is 22.7. The van der Waals surface area contributed by atoms with Crippen molar-refractivity contribution in [1.82, 2.24) is 35.5 Å². The van der Waals surface area contributed by atoms with Crippen LogP contribution in [0.25, 0.3) is 11.5 Å². The molecule has 1 N–H and O–H groups in total. The van der Waals surface area contributed by atoms with Crippen LogP contribution in [0.5, 0.6) is 5.75 Å². The summed E-state index contributed by atoms with van der Waals surface area (Å²) in [7, 11) is 1.38. The lowest BCUT2D eigenvalue weighted by atomic mass is 10.2. The second kappa shape index (κ2) is 10.6. The number of halogens is 1. The van der Waals surface area contributed by atoms with E-state index in [0.717, 1.165) is 6.42 Å². The summed E-state index contributed by atoms with van der Waals surface area (Å²) in [5.74, 6) is -0.123. The number of methoxy groups -OCH3 is 1. The van der Waals surface area contributed by atoms with Gasteiger partial charge < -0.3 is 19.5 Å². The maximum absolute atomic E-state index is 13.6. The Kier molecular flexibility index (Phi) is 7.38. The molecular weight excluding hydrogens is 445 g/mol. The molecule has 1 aliphatic heterocycles. The van der Waals surface area contributed by atoms with Gasteiger partial charge in [0.15, 0.2) is 11.6 Å². The summed E-state index contributed by atoms with van der Waals surface area (Å²) in [5.41, 5.74) is 1.21. The van der Waals surface area contributed by atoms with Gasteiger partial charge in [-0.1, -0.05) is 13.0 Å². The Bertz CT molecular complexity index is 1150. The zero-order valence-corrected chi connectivity index (χ0v) is 19.2. The number of amides is 1. The molecule has 1 saturated heterocycles. The van der Waals surface area contributed by atoms with Crippen molar-refractivity contribution in [3.8, 4) is 17.3 Å². The van der Waals surface area contributed by atoms with Crippen molar-refractivity contribution in [3.63, 3.8) is 0 Å². The molecule has 4 rings (SSSR count). The number of hydrogen-bond donors (Lipinski definition) is 1. The monoisotopic (exact) mass is 471 g/mol. The minimum atomic E-state index is -0.470. The fourth-order valence-corrected chi connectivity index (χ4v) is 3.42. The lowest BCUT2D eigenvalue weighted by molar-refractivity contribution is -0.139. The number of benzene rings is 1. The highest BCUT2D eigenvalue weighted by Gasteiger charge is 2.23. The van der Waals surface area contributed by atoms with Crippen molar-refractivity contribution in [2.75, 3.05) is 20.3 Å². The number of aryl methyl sites for hydroxylation is 1. The van der Waals surface area contributed by atoms with Crippen LogP contribution in [0.2, 0.25) is 0 Å². The molecule has 1 aliphatic rings. The number of carbonyl (C=O) groups excluding carboxylic acids is 1. The van der Waals surface area contributed by atoms with E-state index >= 15 is 0 Å². The van der Waals surface area contributed by atoms with Gasteiger partial charge in [-0.05, 0) is 42.3 Å². The molecule has 2 atom stereocenters. The summed E-state index contributed by atoms with van der Waals surface area (Å²) in [6, 6.07) is 5.88. The minimum Gasteiger partial charge on any atom is -0.494 e. The van der Waals surface area contributed by atoms with Crippen LogP contribution in [0.15, 0.2) is 24.3 Å². The Hall–Kier alpha value is -3.51. The maximum Gasteiger partial charge on any atom is 0.270 e. The zero-order chi connectivity index (χ0) is 24.1. The van der Waals surface area contributed by atoms with Crippen molar-refractivity contribution >= 4 is 5.91 Å². The molecule has 0 spiro atoms. The van der Waals surface area contributed by atoms with E-state index in [-0.39, 0.29) is 36.0 Å². The summed E-state index contributed by atoms with van der Waals surface area (Å²) in [5, 5.41) is 15.2. The van der Waals surface area contributed by atoms with E-state index in [2.05, 4.69) is 37.6 Å². The van der Waals surface area contributed by atoms with Gasteiger partial charge in [-0.2, -0.15) is 4.80 Å². The molecule has 34 heavy (non-hydrogen) atoms. The van der Waals surface area contributed by atoms with E-state index < -0.39 is 11.7 Å². The van der Waals surface area contributed by atoms with Crippen molar-refractivity contribution < 1.29 is 23.4 Å². The van der Waals surface area contributed by atoms with Crippen molar-refractivity contribution in [3.05, 3.63) is 47.2 Å². The van der Waals surface area contributed by atoms with Crippen LogP contribution in [0.4, 0.5) is 4.39 Å². The molecule has 3 aromatic rings. The van der Waals surface area contributed by atoms with Gasteiger partial charge in [0.2, 0.25) is 5.82 Å². The van der Waals surface area contributed by atoms with E-state index in [9.17, 15) is 9.18 Å². The molecular formula is C22H26FN7O4. The highest BCUT2D eigenvalue weighted by Crippen LogP contribution is 2.18. The molecule has 0 radical (unpaired) electrons. The van der Waals surface area contributed by atoms with Crippen LogP contribution in [-0.4, -0.2) is 68.6 Å². The first-order valence-corrected chi connectivity index (χ1v) is 10.9. The number of hydrogen-bond acceptors (Lipinski definition) is 9. The Morgan fingerprint density at radius 3 is 2.76 bits per heavy atom. The predicted molar refractivity (Wildman–Crippen MR) is 117 cm³/mol. The Balaban J connectivity index is 1.41. The highest BCUT2D eigenvalue weighted by atomic mass is 19.1. The Morgan fingerprint density at radius 1 is 1.24 bits per heavy atom. The third-order valence-corrected chi connectivity index (χ3v) is 5.28. The van der Waals surface area contributed by atoms with Gasteiger partial charge in [-0.15, -0.1) is 10.2 Å². The van der Waals surface area contributed by atoms with Crippen molar-refractivity contribution in [1.29, 1.82) is 0 Å². The molecule has 3 heterocycles. The number of nitrogens with zero attached hydrogens (tertiary/aromatic N) is 6. The van der Waals surface area contributed by atoms with Gasteiger partial charge in [-0.3, -0.25) is 4.79 Å². The van der Waals surface area contributed by atoms with E-state index in [0.29, 0.717) is 36.8 Å². The van der Waals surface area contributed by atoms with Crippen LogP contribution in [-0.2, 0) is 22.6 Å². The minimum absolute atomic E-state index is 0.108. The largest absolute Gasteiger partial charge is 0.494 e. The zero-order valence-electron chi connectivity index (χ0n) is 19.2. The lowest BCUT2D eigenvalue weighted by Crippen LogP contribution is -2.38. The Labute approximate surface area is 195 Å². The van der Waals surface area contributed by atoms with Gasteiger partial charge in [-0.25, -0.2) is 14.4 Å². The SMILES string of the molecule is CCC1COC(Cn2nnc(-c3cc(C(=O)NCc4ccc(F)c(OC)c4)nc(C)n3)n2)CO1. The first kappa shape index (κ1) is 23.6. The molecule has 11 nitrogen and oxygen atoms in total. The standard InChI is InChI=1S/C22H26FN7O4/c1-4-15-11-34-16(12-33-15)10-30-28-21(27-29-30)18-8-19(26-13(2)25-18)22(31)24-9-14-5-6-17(23)20(7-14)32-3/h5-8,15-16H,4,9-12H2,1-3H3,(H,24,31). The molecule has 0 aliphatic carbocycles. The molecule has 180 valence electrons. The summed E-state index contributed by atoms with van der Waals surface area (Å²) in [6.07, 6.45) is 0.858. The van der Waals surface area contributed by atoms with Crippen molar-refractivity contribution in [2.24, 2.45) is 0 Å². The quantitative estimate of drug-likeness (QED) is 0.522. The molecule has 1 aromatic carbocycles. The molecule has 0 saturated carbocycles. The number of carbonyl (C=O) groups is 1. The van der Waals surface area contributed by atoms with Crippen LogP contribution in [0, 0.1) is 12.7 Å². The summed E-state index contributed by atoms with van der Waals surface area (Å²) in [6.45, 7) is 5.29. The molecule has 1 amide bonds. The normalized spacial score (nSPS) is 18.0. The summed E-state index contributed by atoms with van der Waals surface area (Å²) < 4.78 is 30.1. The Morgan fingerprint density at radius 2 is 2.03 bits per heavy atom. The van der Waals surface area contributed by atoms with Crippen LogP contribution < -0.4 is 10.1 Å². The average molecular weight is 471 g/mol. The molecule has 0 bridgehead atoms. The van der Waals surface area contributed by atoms with E-state index in [4.69, 9.17) is 14.2 Å². The smallest absolute Gasteiger partial charge is 0.270 e. The maximum atomic E-state index is 13.6. The van der Waals surface area contributed by atoms with E-state index in [1.807, 2.05) is 0 Å². The molecule has 2 unspecified atom stereocenters. The second-order valence-electron chi connectivity index (χ2n) is 7.82. The molecule has 2 aromatic heterocycles. The predicted octanol–water partition coefficient (Wildman–Crippen LogP) is 1.71. The molecule has 1 fully saturated rings. The number of ether oxygens (including phenoxy) is 3. The third kappa shape index (κ3) is 5.69. The van der Waals surface area contributed by atoms with Crippen molar-refractivity contribution in [2.45, 2.75) is 45.6 Å². The number of nitrogens with one attached hydrogen (secondary N) is 1. The number of aromatic nitrogens is 6. The fourth-order valence-electron chi connectivity index (χ4n) is 3.42.